The molecule has 5 nitrogen and oxygen atoms in total. The fourth-order valence-corrected chi connectivity index (χ4v) is 5.17. The van der Waals surface area contributed by atoms with Gasteiger partial charge < -0.3 is 4.90 Å². The van der Waals surface area contributed by atoms with E-state index in [1.165, 1.54) is 9.54 Å². The number of piperazine rings is 1. The molecule has 2 heterocycles. The van der Waals surface area contributed by atoms with Crippen LogP contribution < -0.4 is 0 Å². The number of benzene rings is 2. The lowest BCUT2D eigenvalue weighted by molar-refractivity contribution is 0.132. The highest BCUT2D eigenvalue weighted by Gasteiger charge is 2.19. The molecule has 1 fully saturated rings. The highest BCUT2D eigenvalue weighted by atomic mass is 32.2. The Bertz CT molecular complexity index is 1060. The highest BCUT2D eigenvalue weighted by molar-refractivity contribution is 7.90. The van der Waals surface area contributed by atoms with Crippen molar-refractivity contribution < 1.29 is 8.42 Å². The Kier molecular flexibility index (Phi) is 5.27. The molecule has 1 aromatic heterocycles. The molecule has 0 aliphatic carbocycles. The maximum Gasteiger partial charge on any atom is 0.268 e. The summed E-state index contributed by atoms with van der Waals surface area (Å²) in [6.45, 7) is 10.6. The van der Waals surface area contributed by atoms with Crippen LogP contribution in [0.5, 0.6) is 0 Å². The lowest BCUT2D eigenvalue weighted by Gasteiger charge is -2.34. The zero-order valence-electron chi connectivity index (χ0n) is 16.5. The van der Waals surface area contributed by atoms with E-state index in [4.69, 9.17) is 0 Å². The molecule has 1 aliphatic rings. The summed E-state index contributed by atoms with van der Waals surface area (Å²) in [6, 6.07) is 15.0. The van der Waals surface area contributed by atoms with Gasteiger partial charge in [-0.3, -0.25) is 4.90 Å². The third-order valence-electron chi connectivity index (χ3n) is 5.61. The number of aryl methyl sites for hydroxylation is 1. The third-order valence-corrected chi connectivity index (χ3v) is 7.32. The summed E-state index contributed by atoms with van der Waals surface area (Å²) in [4.78, 5) is 5.25. The molecule has 3 aromatic rings. The molecule has 0 bridgehead atoms. The summed E-state index contributed by atoms with van der Waals surface area (Å²) < 4.78 is 27.4. The van der Waals surface area contributed by atoms with Crippen LogP contribution in [0, 0.1) is 6.92 Å². The van der Waals surface area contributed by atoms with Gasteiger partial charge in [0.25, 0.3) is 10.0 Å². The molecular formula is C22H27N3O2S. The Labute approximate surface area is 167 Å². The van der Waals surface area contributed by atoms with Gasteiger partial charge in [-0.2, -0.15) is 0 Å². The van der Waals surface area contributed by atoms with Crippen molar-refractivity contribution in [2.45, 2.75) is 25.3 Å². The van der Waals surface area contributed by atoms with E-state index in [0.29, 0.717) is 4.90 Å². The van der Waals surface area contributed by atoms with Crippen LogP contribution in [0.15, 0.2) is 59.6 Å². The molecule has 0 saturated carbocycles. The topological polar surface area (TPSA) is 45.5 Å². The zero-order valence-corrected chi connectivity index (χ0v) is 17.3. The van der Waals surface area contributed by atoms with E-state index in [9.17, 15) is 8.42 Å². The summed E-state index contributed by atoms with van der Waals surface area (Å²) in [5, 5.41) is 0.959. The second-order valence-electron chi connectivity index (χ2n) is 7.53. The minimum absolute atomic E-state index is 0.313. The molecule has 1 aliphatic heterocycles. The average molecular weight is 398 g/mol. The number of fused-ring (bicyclic) bond motifs is 1. The fourth-order valence-electron chi connectivity index (χ4n) is 3.82. The molecule has 0 N–H and O–H groups in total. The van der Waals surface area contributed by atoms with Gasteiger partial charge in [-0.05, 0) is 49.4 Å². The summed E-state index contributed by atoms with van der Waals surface area (Å²) in [5.74, 6) is 0. The average Bonchev–Trinajstić information content (AvgIpc) is 3.13. The molecule has 6 heteroatoms. The number of hydrogen-bond donors (Lipinski definition) is 0. The summed E-state index contributed by atoms with van der Waals surface area (Å²) in [5.41, 5.74) is 2.99. The van der Waals surface area contributed by atoms with Crippen LogP contribution in [0.2, 0.25) is 0 Å². The quantitative estimate of drug-likeness (QED) is 0.663. The summed E-state index contributed by atoms with van der Waals surface area (Å²) in [6.07, 6.45) is 1.66. The maximum atomic E-state index is 13.0. The van der Waals surface area contributed by atoms with E-state index < -0.39 is 10.0 Å². The zero-order chi connectivity index (χ0) is 19.7. The van der Waals surface area contributed by atoms with Gasteiger partial charge >= 0.3 is 0 Å². The maximum absolute atomic E-state index is 13.0. The first kappa shape index (κ1) is 19.2. The normalized spacial score (nSPS) is 16.6. The number of nitrogens with zero attached hydrogens (tertiary/aromatic N) is 3. The van der Waals surface area contributed by atoms with Gasteiger partial charge in [0, 0.05) is 44.3 Å². The van der Waals surface area contributed by atoms with Crippen molar-refractivity contribution in [2.24, 2.45) is 0 Å². The van der Waals surface area contributed by atoms with Crippen LogP contribution in [0.1, 0.15) is 18.1 Å². The highest BCUT2D eigenvalue weighted by Crippen LogP contribution is 2.24. The molecule has 0 spiro atoms. The largest absolute Gasteiger partial charge is 0.301 e. The lowest BCUT2D eigenvalue weighted by atomic mass is 10.1. The van der Waals surface area contributed by atoms with Crippen molar-refractivity contribution in [1.82, 2.24) is 13.8 Å². The summed E-state index contributed by atoms with van der Waals surface area (Å²) >= 11 is 0. The minimum atomic E-state index is -3.59. The first-order valence-corrected chi connectivity index (χ1v) is 11.3. The van der Waals surface area contributed by atoms with Crippen molar-refractivity contribution in [3.05, 3.63) is 65.9 Å². The molecule has 0 amide bonds. The third kappa shape index (κ3) is 3.72. The van der Waals surface area contributed by atoms with E-state index in [1.807, 2.05) is 31.2 Å². The molecule has 0 atom stereocenters. The van der Waals surface area contributed by atoms with Gasteiger partial charge in [0.1, 0.15) is 0 Å². The fraction of sp³-hybridized carbons (Fsp3) is 0.364. The van der Waals surface area contributed by atoms with Crippen molar-refractivity contribution in [3.8, 4) is 0 Å². The van der Waals surface area contributed by atoms with Gasteiger partial charge in [-0.1, -0.05) is 30.7 Å². The molecule has 148 valence electrons. The van der Waals surface area contributed by atoms with E-state index in [2.05, 4.69) is 28.9 Å². The SMILES string of the molecule is CCN1CCN(Cc2ccc3c(ccn3S(=O)(=O)c3ccc(C)cc3)c2)CC1. The van der Waals surface area contributed by atoms with Crippen molar-refractivity contribution in [1.29, 1.82) is 0 Å². The molecule has 0 radical (unpaired) electrons. The van der Waals surface area contributed by atoms with Gasteiger partial charge in [0.05, 0.1) is 10.4 Å². The van der Waals surface area contributed by atoms with Crippen molar-refractivity contribution >= 4 is 20.9 Å². The van der Waals surface area contributed by atoms with E-state index in [0.717, 1.165) is 55.7 Å². The van der Waals surface area contributed by atoms with Crippen molar-refractivity contribution in [3.63, 3.8) is 0 Å². The minimum Gasteiger partial charge on any atom is -0.301 e. The molecule has 1 saturated heterocycles. The Morgan fingerprint density at radius 2 is 1.57 bits per heavy atom. The monoisotopic (exact) mass is 397 g/mol. The summed E-state index contributed by atoms with van der Waals surface area (Å²) in [7, 11) is -3.59. The van der Waals surface area contributed by atoms with Gasteiger partial charge in [0.2, 0.25) is 0 Å². The Morgan fingerprint density at radius 1 is 0.893 bits per heavy atom. The number of likely N-dealkylation sites (N-methyl/N-ethyl adjacent to an activating group) is 1. The molecular weight excluding hydrogens is 370 g/mol. The van der Waals surface area contributed by atoms with E-state index in [1.54, 1.807) is 18.3 Å². The van der Waals surface area contributed by atoms with Gasteiger partial charge in [-0.15, -0.1) is 0 Å². The number of aromatic nitrogens is 1. The molecule has 0 unspecified atom stereocenters. The van der Waals surface area contributed by atoms with Crippen LogP contribution in [0.3, 0.4) is 0 Å². The second kappa shape index (κ2) is 7.70. The lowest BCUT2D eigenvalue weighted by Crippen LogP contribution is -2.45. The molecule has 2 aromatic carbocycles. The van der Waals surface area contributed by atoms with E-state index >= 15 is 0 Å². The second-order valence-corrected chi connectivity index (χ2v) is 9.35. The Hall–Kier alpha value is -2.15. The van der Waals surface area contributed by atoms with Gasteiger partial charge in [0.15, 0.2) is 0 Å². The first-order chi connectivity index (χ1) is 13.5. The standard InChI is InChI=1S/C22H27N3O2S/c1-3-23-12-14-24(15-13-23)17-19-6-9-22-20(16-19)10-11-25(22)28(26,27)21-7-4-18(2)5-8-21/h4-11,16H,3,12-15,17H2,1-2H3. The van der Waals surface area contributed by atoms with Crippen LogP contribution in [-0.4, -0.2) is 54.9 Å². The first-order valence-electron chi connectivity index (χ1n) is 9.84. The Balaban J connectivity index is 1.57. The number of rotatable bonds is 5. The number of hydrogen-bond acceptors (Lipinski definition) is 4. The van der Waals surface area contributed by atoms with Crippen LogP contribution in [0.4, 0.5) is 0 Å². The van der Waals surface area contributed by atoms with Crippen LogP contribution >= 0.6 is 0 Å². The molecule has 28 heavy (non-hydrogen) atoms. The Morgan fingerprint density at radius 3 is 2.25 bits per heavy atom. The van der Waals surface area contributed by atoms with Gasteiger partial charge in [-0.25, -0.2) is 12.4 Å². The predicted octanol–water partition coefficient (Wildman–Crippen LogP) is 3.32. The predicted molar refractivity (Wildman–Crippen MR) is 113 cm³/mol. The van der Waals surface area contributed by atoms with Crippen molar-refractivity contribution in [2.75, 3.05) is 32.7 Å². The van der Waals surface area contributed by atoms with Crippen LogP contribution in [-0.2, 0) is 16.6 Å². The smallest absolute Gasteiger partial charge is 0.268 e. The van der Waals surface area contributed by atoms with Crippen LogP contribution in [0.25, 0.3) is 10.9 Å². The molecule has 4 rings (SSSR count). The van der Waals surface area contributed by atoms with E-state index in [-0.39, 0.29) is 0 Å².